The fourth-order valence-corrected chi connectivity index (χ4v) is 1.59. The Kier molecular flexibility index (Phi) is 3.18. The van der Waals surface area contributed by atoms with Crippen LogP contribution in [-0.4, -0.2) is 17.1 Å². The first-order valence-electron chi connectivity index (χ1n) is 5.04. The standard InChI is InChI=1S/C12H9F3N2O/c1-18-10-5-3-2-4-8(10)11-9(12(13,14)15)6-16-7-17-11/h2-7H,1H3. The average molecular weight is 254 g/mol. The molecular weight excluding hydrogens is 245 g/mol. The zero-order valence-electron chi connectivity index (χ0n) is 9.40. The molecule has 0 saturated carbocycles. The van der Waals surface area contributed by atoms with Gasteiger partial charge in [0.25, 0.3) is 0 Å². The normalized spacial score (nSPS) is 11.3. The largest absolute Gasteiger partial charge is 0.496 e. The molecule has 0 amide bonds. The third kappa shape index (κ3) is 2.27. The van der Waals surface area contributed by atoms with Crippen molar-refractivity contribution >= 4 is 0 Å². The number of rotatable bonds is 2. The van der Waals surface area contributed by atoms with Crippen molar-refractivity contribution in [3.63, 3.8) is 0 Å². The van der Waals surface area contributed by atoms with E-state index < -0.39 is 11.7 Å². The van der Waals surface area contributed by atoms with Crippen LogP contribution in [0.25, 0.3) is 11.3 Å². The highest BCUT2D eigenvalue weighted by atomic mass is 19.4. The topological polar surface area (TPSA) is 35.0 Å². The zero-order valence-corrected chi connectivity index (χ0v) is 9.40. The minimum atomic E-state index is -4.50. The van der Waals surface area contributed by atoms with Crippen LogP contribution < -0.4 is 4.74 Å². The minimum Gasteiger partial charge on any atom is -0.496 e. The van der Waals surface area contributed by atoms with Crippen molar-refractivity contribution in [2.75, 3.05) is 7.11 Å². The molecule has 0 fully saturated rings. The summed E-state index contributed by atoms with van der Waals surface area (Å²) in [7, 11) is 1.40. The van der Waals surface area contributed by atoms with E-state index in [0.29, 0.717) is 5.75 Å². The van der Waals surface area contributed by atoms with Crippen LogP contribution >= 0.6 is 0 Å². The van der Waals surface area contributed by atoms with Crippen LogP contribution in [-0.2, 0) is 6.18 Å². The molecule has 0 radical (unpaired) electrons. The highest BCUT2D eigenvalue weighted by Crippen LogP contribution is 2.38. The van der Waals surface area contributed by atoms with Crippen LogP contribution in [0, 0.1) is 0 Å². The Morgan fingerprint density at radius 3 is 2.56 bits per heavy atom. The summed E-state index contributed by atoms with van der Waals surface area (Å²) in [6, 6.07) is 6.41. The lowest BCUT2D eigenvalue weighted by Gasteiger charge is -2.13. The van der Waals surface area contributed by atoms with Crippen molar-refractivity contribution in [1.82, 2.24) is 9.97 Å². The Balaban J connectivity index is 2.65. The van der Waals surface area contributed by atoms with E-state index in [1.165, 1.54) is 13.2 Å². The van der Waals surface area contributed by atoms with Crippen molar-refractivity contribution in [1.29, 1.82) is 0 Å². The van der Waals surface area contributed by atoms with Gasteiger partial charge >= 0.3 is 6.18 Å². The van der Waals surface area contributed by atoms with Gasteiger partial charge in [0.2, 0.25) is 0 Å². The summed E-state index contributed by atoms with van der Waals surface area (Å²) in [5.41, 5.74) is -0.779. The third-order valence-electron chi connectivity index (χ3n) is 2.38. The van der Waals surface area contributed by atoms with Crippen molar-refractivity contribution in [2.45, 2.75) is 6.18 Å². The second-order valence-corrected chi connectivity index (χ2v) is 3.48. The lowest BCUT2D eigenvalue weighted by molar-refractivity contribution is -0.137. The van der Waals surface area contributed by atoms with Gasteiger partial charge in [-0.3, -0.25) is 0 Å². The Bertz CT molecular complexity index is 555. The molecule has 2 rings (SSSR count). The predicted octanol–water partition coefficient (Wildman–Crippen LogP) is 3.17. The molecule has 1 heterocycles. The van der Waals surface area contributed by atoms with Crippen LogP contribution in [0.1, 0.15) is 5.56 Å². The zero-order chi connectivity index (χ0) is 13.2. The van der Waals surface area contributed by atoms with Crippen LogP contribution in [0.3, 0.4) is 0 Å². The molecule has 0 atom stereocenters. The van der Waals surface area contributed by atoms with Crippen molar-refractivity contribution in [3.05, 3.63) is 42.4 Å². The Labute approximate surface area is 101 Å². The van der Waals surface area contributed by atoms with Crippen molar-refractivity contribution < 1.29 is 17.9 Å². The van der Waals surface area contributed by atoms with E-state index >= 15 is 0 Å². The lowest BCUT2D eigenvalue weighted by Crippen LogP contribution is -2.09. The van der Waals surface area contributed by atoms with Crippen LogP contribution in [0.2, 0.25) is 0 Å². The Morgan fingerprint density at radius 2 is 1.89 bits per heavy atom. The number of ether oxygens (including phenoxy) is 1. The molecule has 6 heteroatoms. The van der Waals surface area contributed by atoms with Crippen molar-refractivity contribution in [2.24, 2.45) is 0 Å². The molecule has 0 N–H and O–H groups in total. The Morgan fingerprint density at radius 1 is 1.17 bits per heavy atom. The van der Waals surface area contributed by atoms with Gasteiger partial charge in [-0.2, -0.15) is 13.2 Å². The monoisotopic (exact) mass is 254 g/mol. The Hall–Kier alpha value is -2.11. The fraction of sp³-hybridized carbons (Fsp3) is 0.167. The molecule has 0 aliphatic carbocycles. The maximum absolute atomic E-state index is 12.8. The second kappa shape index (κ2) is 4.64. The fourth-order valence-electron chi connectivity index (χ4n) is 1.59. The molecule has 0 aliphatic rings. The number of hydrogen-bond acceptors (Lipinski definition) is 3. The molecule has 0 saturated heterocycles. The third-order valence-corrected chi connectivity index (χ3v) is 2.38. The van der Waals surface area contributed by atoms with E-state index in [4.69, 9.17) is 4.74 Å². The molecule has 0 aliphatic heterocycles. The van der Waals surface area contributed by atoms with Gasteiger partial charge in [0.15, 0.2) is 0 Å². The van der Waals surface area contributed by atoms with Gasteiger partial charge in [0.05, 0.1) is 12.8 Å². The number of methoxy groups -OCH3 is 1. The van der Waals surface area contributed by atoms with Gasteiger partial charge in [-0.1, -0.05) is 12.1 Å². The van der Waals surface area contributed by atoms with Gasteiger partial charge < -0.3 is 4.74 Å². The first-order valence-corrected chi connectivity index (χ1v) is 5.04. The first kappa shape index (κ1) is 12.3. The number of halogens is 3. The summed E-state index contributed by atoms with van der Waals surface area (Å²) in [4.78, 5) is 7.13. The van der Waals surface area contributed by atoms with E-state index in [1.807, 2.05) is 0 Å². The number of aromatic nitrogens is 2. The number of hydrogen-bond donors (Lipinski definition) is 0. The van der Waals surface area contributed by atoms with Crippen LogP contribution in [0.4, 0.5) is 13.2 Å². The number of para-hydroxylation sites is 1. The highest BCUT2D eigenvalue weighted by Gasteiger charge is 2.35. The smallest absolute Gasteiger partial charge is 0.419 e. The van der Waals surface area contributed by atoms with Gasteiger partial charge in [-0.25, -0.2) is 9.97 Å². The van der Waals surface area contributed by atoms with Crippen molar-refractivity contribution in [3.8, 4) is 17.0 Å². The van der Waals surface area contributed by atoms with Gasteiger partial charge in [0.1, 0.15) is 17.6 Å². The lowest BCUT2D eigenvalue weighted by atomic mass is 10.1. The molecule has 0 spiro atoms. The summed E-state index contributed by atoms with van der Waals surface area (Å²) >= 11 is 0. The predicted molar refractivity (Wildman–Crippen MR) is 59.0 cm³/mol. The highest BCUT2D eigenvalue weighted by molar-refractivity contribution is 5.70. The van der Waals surface area contributed by atoms with E-state index in [2.05, 4.69) is 9.97 Å². The summed E-state index contributed by atoms with van der Waals surface area (Å²) in [5.74, 6) is 0.335. The van der Waals surface area contributed by atoms with Crippen LogP contribution in [0.5, 0.6) is 5.75 Å². The maximum atomic E-state index is 12.8. The second-order valence-electron chi connectivity index (χ2n) is 3.48. The summed E-state index contributed by atoms with van der Waals surface area (Å²) in [5, 5.41) is 0. The van der Waals surface area contributed by atoms with Gasteiger partial charge in [0, 0.05) is 11.8 Å². The summed E-state index contributed by atoms with van der Waals surface area (Å²) < 4.78 is 43.6. The number of nitrogens with zero attached hydrogens (tertiary/aromatic N) is 2. The number of alkyl halides is 3. The molecule has 2 aromatic rings. The van der Waals surface area contributed by atoms with Gasteiger partial charge in [-0.05, 0) is 12.1 Å². The quantitative estimate of drug-likeness (QED) is 0.825. The molecule has 1 aromatic carbocycles. The van der Waals surface area contributed by atoms with Crippen LogP contribution in [0.15, 0.2) is 36.8 Å². The molecule has 3 nitrogen and oxygen atoms in total. The SMILES string of the molecule is COc1ccccc1-c1ncncc1C(F)(F)F. The molecule has 18 heavy (non-hydrogen) atoms. The van der Waals surface area contributed by atoms with E-state index in [1.54, 1.807) is 18.2 Å². The molecule has 1 aromatic heterocycles. The summed E-state index contributed by atoms with van der Waals surface area (Å²) in [6.45, 7) is 0. The minimum absolute atomic E-state index is 0.185. The van der Waals surface area contributed by atoms with E-state index in [-0.39, 0.29) is 11.3 Å². The van der Waals surface area contributed by atoms with E-state index in [0.717, 1.165) is 12.5 Å². The maximum Gasteiger partial charge on any atom is 0.419 e. The van der Waals surface area contributed by atoms with E-state index in [9.17, 15) is 13.2 Å². The molecular formula is C12H9F3N2O. The van der Waals surface area contributed by atoms with Gasteiger partial charge in [-0.15, -0.1) is 0 Å². The summed E-state index contributed by atoms with van der Waals surface area (Å²) in [6.07, 6.45) is -2.66. The average Bonchev–Trinajstić information content (AvgIpc) is 2.37. The first-order chi connectivity index (χ1) is 8.54. The number of benzene rings is 1. The molecule has 0 unspecified atom stereocenters. The molecule has 0 bridgehead atoms. The molecule has 94 valence electrons.